The second kappa shape index (κ2) is 5.05. The zero-order chi connectivity index (χ0) is 7.56. The standard InChI is InChI=1S/C6H10NO3.U/c7-4-1-5(9)6(2-8)10-3-4;/h3-4,8-9H,1-2,7H2;/q-1;. The number of rotatable bonds is 1. The number of aliphatic hydroxyl groups excluding tert-OH is 2. The van der Waals surface area contributed by atoms with Gasteiger partial charge < -0.3 is 20.7 Å². The molecule has 5 heteroatoms. The Morgan fingerprint density at radius 3 is 2.82 bits per heavy atom. The molecule has 0 fully saturated rings. The first-order valence-corrected chi connectivity index (χ1v) is 3.01. The Morgan fingerprint density at radius 1 is 1.73 bits per heavy atom. The molecule has 0 aromatic carbocycles. The second-order valence-corrected chi connectivity index (χ2v) is 2.15. The summed E-state index contributed by atoms with van der Waals surface area (Å²) in [6.07, 6.45) is 0.343. The third-order valence-corrected chi connectivity index (χ3v) is 1.28. The van der Waals surface area contributed by atoms with E-state index in [-0.39, 0.29) is 55.3 Å². The number of hydrogen-bond acceptors (Lipinski definition) is 4. The summed E-state index contributed by atoms with van der Waals surface area (Å²) in [7, 11) is 0. The third-order valence-electron chi connectivity index (χ3n) is 1.28. The number of ether oxygens (including phenoxy) is 1. The Morgan fingerprint density at radius 2 is 2.36 bits per heavy atom. The van der Waals surface area contributed by atoms with Crippen molar-refractivity contribution in [2.45, 2.75) is 12.5 Å². The molecule has 0 amide bonds. The Balaban J connectivity index is 0.000001000. The van der Waals surface area contributed by atoms with Gasteiger partial charge in [0.1, 0.15) is 18.1 Å². The Hall–Kier alpha value is 0.312. The van der Waals surface area contributed by atoms with Crippen LogP contribution in [0.15, 0.2) is 11.5 Å². The van der Waals surface area contributed by atoms with Crippen molar-refractivity contribution in [3.8, 4) is 0 Å². The molecule has 11 heavy (non-hydrogen) atoms. The van der Waals surface area contributed by atoms with Gasteiger partial charge in [-0.3, -0.25) is 0 Å². The van der Waals surface area contributed by atoms with Crippen molar-refractivity contribution >= 4 is 0 Å². The minimum Gasteiger partial charge on any atom is -0.660 e. The van der Waals surface area contributed by atoms with Gasteiger partial charge in [0.15, 0.2) is 0 Å². The smallest absolute Gasteiger partial charge is 0.128 e. The third kappa shape index (κ3) is 3.04. The van der Waals surface area contributed by atoms with E-state index < -0.39 is 0 Å². The average Bonchev–Trinajstić information content (AvgIpc) is 1.88. The molecule has 0 aromatic rings. The molecule has 4 nitrogen and oxygen atoms in total. The van der Waals surface area contributed by atoms with Crippen LogP contribution >= 0.6 is 0 Å². The molecule has 0 bridgehead atoms. The molecule has 1 aliphatic rings. The summed E-state index contributed by atoms with van der Waals surface area (Å²) in [6.45, 7) is 1.11. The number of aliphatic hydroxyl groups is 2. The minimum absolute atomic E-state index is 0. The van der Waals surface area contributed by atoms with Gasteiger partial charge in [0.25, 0.3) is 0 Å². The molecule has 0 saturated carbocycles. The maximum atomic E-state index is 9.03. The van der Waals surface area contributed by atoms with Crippen LogP contribution in [0.5, 0.6) is 0 Å². The molecule has 1 aliphatic heterocycles. The molecule has 1 rings (SSSR count). The summed E-state index contributed by atoms with van der Waals surface area (Å²) in [5.41, 5.74) is 5.39. The van der Waals surface area contributed by atoms with Gasteiger partial charge in [-0.05, 0) is 6.42 Å². The van der Waals surface area contributed by atoms with E-state index in [1.54, 1.807) is 0 Å². The van der Waals surface area contributed by atoms with Gasteiger partial charge >= 0.3 is 0 Å². The fourth-order valence-electron chi connectivity index (χ4n) is 0.751. The molecular weight excluding hydrogens is 372 g/mol. The van der Waals surface area contributed by atoms with Gasteiger partial charge in [-0.15, -0.1) is 6.61 Å². The van der Waals surface area contributed by atoms with Gasteiger partial charge in [-0.2, -0.15) is 0 Å². The maximum absolute atomic E-state index is 9.03. The summed E-state index contributed by atoms with van der Waals surface area (Å²) >= 11 is 0. The van der Waals surface area contributed by atoms with Crippen LogP contribution in [0.4, 0.5) is 0 Å². The van der Waals surface area contributed by atoms with Gasteiger partial charge in [-0.25, -0.2) is 0 Å². The van der Waals surface area contributed by atoms with Crippen molar-refractivity contribution in [2.24, 2.45) is 5.73 Å². The fourth-order valence-corrected chi connectivity index (χ4v) is 0.751. The number of hydrogen-bond donors (Lipinski definition) is 3. The van der Waals surface area contributed by atoms with Crippen LogP contribution in [0.1, 0.15) is 6.42 Å². The molecule has 0 saturated heterocycles. The predicted octanol–water partition coefficient (Wildman–Crippen LogP) is -0.342. The van der Waals surface area contributed by atoms with E-state index in [2.05, 4.69) is 0 Å². The van der Waals surface area contributed by atoms with E-state index >= 15 is 0 Å². The van der Waals surface area contributed by atoms with Gasteiger partial charge in [0.05, 0.1) is 0 Å². The van der Waals surface area contributed by atoms with Crippen molar-refractivity contribution in [1.29, 1.82) is 0 Å². The zero-order valence-electron chi connectivity index (χ0n) is 5.95. The first-order valence-electron chi connectivity index (χ1n) is 3.01. The Kier molecular flexibility index (Phi) is 5.19. The summed E-state index contributed by atoms with van der Waals surface area (Å²) < 4.78 is 4.78. The molecule has 1 atom stereocenters. The molecule has 4 N–H and O–H groups in total. The van der Waals surface area contributed by atoms with Crippen LogP contribution in [-0.4, -0.2) is 22.9 Å². The van der Waals surface area contributed by atoms with Crippen LogP contribution in [0.25, 0.3) is 0 Å². The molecule has 1 unspecified atom stereocenters. The first-order chi connectivity index (χ1) is 4.74. The maximum Gasteiger partial charge on any atom is 0.128 e. The van der Waals surface area contributed by atoms with Crippen LogP contribution in [-0.2, 0) is 4.74 Å². The summed E-state index contributed by atoms with van der Waals surface area (Å²) in [5.74, 6) is 0.235. The van der Waals surface area contributed by atoms with Crippen LogP contribution in [0, 0.1) is 37.7 Å². The molecular formula is C6H10NO3U-. The predicted molar refractivity (Wildman–Crippen MR) is 34.7 cm³/mol. The van der Waals surface area contributed by atoms with E-state index in [9.17, 15) is 0 Å². The molecule has 1 heterocycles. The molecule has 62 valence electrons. The quantitative estimate of drug-likeness (QED) is 0.543. The van der Waals surface area contributed by atoms with Crippen molar-refractivity contribution in [1.82, 2.24) is 0 Å². The average molecular weight is 382 g/mol. The van der Waals surface area contributed by atoms with Gasteiger partial charge in [0.2, 0.25) is 0 Å². The molecule has 0 aromatic heterocycles. The van der Waals surface area contributed by atoms with E-state index in [4.69, 9.17) is 20.7 Å². The largest absolute Gasteiger partial charge is 0.660 e. The minimum atomic E-state index is -0.283. The van der Waals surface area contributed by atoms with Crippen molar-refractivity contribution in [3.63, 3.8) is 0 Å². The monoisotopic (exact) mass is 382 g/mol. The van der Waals surface area contributed by atoms with Crippen molar-refractivity contribution in [2.75, 3.05) is 6.61 Å². The topological polar surface area (TPSA) is 75.7 Å². The summed E-state index contributed by atoms with van der Waals surface area (Å²) in [6, 6.07) is -0.268. The SMILES string of the molecule is NC1[CH-]OC(CO)=C(O)C1.[U]. The molecule has 0 radical (unpaired) electrons. The molecule has 0 spiro atoms. The van der Waals surface area contributed by atoms with Gasteiger partial charge in [0, 0.05) is 31.1 Å². The van der Waals surface area contributed by atoms with Gasteiger partial charge in [-0.1, -0.05) is 6.04 Å². The zero-order valence-corrected chi connectivity index (χ0v) is 10.1. The Bertz CT molecular complexity index is 160. The summed E-state index contributed by atoms with van der Waals surface area (Å²) in [4.78, 5) is 0. The van der Waals surface area contributed by atoms with E-state index in [1.165, 1.54) is 6.61 Å². The van der Waals surface area contributed by atoms with E-state index in [1.807, 2.05) is 0 Å². The molecule has 0 aliphatic carbocycles. The van der Waals surface area contributed by atoms with Crippen LogP contribution in [0.3, 0.4) is 0 Å². The second-order valence-electron chi connectivity index (χ2n) is 2.15. The van der Waals surface area contributed by atoms with Crippen LogP contribution < -0.4 is 5.73 Å². The normalized spacial score (nSPS) is 24.0. The van der Waals surface area contributed by atoms with Crippen molar-refractivity contribution in [3.05, 3.63) is 18.1 Å². The number of nitrogens with two attached hydrogens (primary N) is 1. The Labute approximate surface area is 88.8 Å². The van der Waals surface area contributed by atoms with E-state index in [0.29, 0.717) is 6.42 Å². The summed E-state index contributed by atoms with van der Waals surface area (Å²) in [5, 5.41) is 17.6. The van der Waals surface area contributed by atoms with E-state index in [0.717, 1.165) is 0 Å². The van der Waals surface area contributed by atoms with Crippen LogP contribution in [0.2, 0.25) is 0 Å². The van der Waals surface area contributed by atoms with Crippen molar-refractivity contribution < 1.29 is 46.1 Å². The first kappa shape index (κ1) is 11.3. The fraction of sp³-hybridized carbons (Fsp3) is 0.500.